The Kier molecular flexibility index (Phi) is 3.65. The average Bonchev–Trinajstić information content (AvgIpc) is 2.37. The van der Waals surface area contributed by atoms with Crippen molar-refractivity contribution in [3.8, 4) is 0 Å². The summed E-state index contributed by atoms with van der Waals surface area (Å²) in [6.07, 6.45) is -0.159. The lowest BCUT2D eigenvalue weighted by molar-refractivity contribution is -0.136. The minimum Gasteiger partial charge on any atom is -0.481 e. The topological polar surface area (TPSA) is 98.7 Å². The number of anilines is 2. The van der Waals surface area contributed by atoms with Crippen molar-refractivity contribution in [2.75, 3.05) is 23.3 Å². The van der Waals surface area contributed by atoms with E-state index in [9.17, 15) is 14.4 Å². The third-order valence-corrected chi connectivity index (χ3v) is 2.63. The first-order chi connectivity index (χ1) is 9.08. The average molecular weight is 263 g/mol. The van der Waals surface area contributed by atoms with Gasteiger partial charge in [-0.3, -0.25) is 14.5 Å². The Labute approximate surface area is 109 Å². The molecule has 1 aliphatic rings. The maximum Gasteiger partial charge on any atom is 0.322 e. The SMILES string of the molecule is O=C(O)CCNC(=O)N1CC(=O)Nc2ccccc21. The largest absolute Gasteiger partial charge is 0.481 e. The van der Waals surface area contributed by atoms with Crippen molar-refractivity contribution in [1.82, 2.24) is 5.32 Å². The first-order valence-corrected chi connectivity index (χ1v) is 5.74. The molecule has 3 N–H and O–H groups in total. The van der Waals surface area contributed by atoms with E-state index in [1.807, 2.05) is 0 Å². The van der Waals surface area contributed by atoms with Crippen LogP contribution in [0.5, 0.6) is 0 Å². The third-order valence-electron chi connectivity index (χ3n) is 2.63. The highest BCUT2D eigenvalue weighted by Crippen LogP contribution is 2.28. The Hall–Kier alpha value is -2.57. The summed E-state index contributed by atoms with van der Waals surface area (Å²) < 4.78 is 0. The molecular formula is C12H13N3O4. The zero-order chi connectivity index (χ0) is 13.8. The number of hydrogen-bond acceptors (Lipinski definition) is 3. The fourth-order valence-electron chi connectivity index (χ4n) is 1.79. The molecule has 2 rings (SSSR count). The molecule has 0 fully saturated rings. The number of nitrogens with zero attached hydrogens (tertiary/aromatic N) is 1. The van der Waals surface area contributed by atoms with Crippen molar-refractivity contribution >= 4 is 29.3 Å². The van der Waals surface area contributed by atoms with Crippen LogP contribution in [0, 0.1) is 0 Å². The van der Waals surface area contributed by atoms with Gasteiger partial charge >= 0.3 is 12.0 Å². The number of nitrogens with one attached hydrogen (secondary N) is 2. The minimum absolute atomic E-state index is 0.0223. The van der Waals surface area contributed by atoms with E-state index >= 15 is 0 Å². The van der Waals surface area contributed by atoms with Gasteiger partial charge in [0.1, 0.15) is 6.54 Å². The van der Waals surface area contributed by atoms with Crippen molar-refractivity contribution in [3.05, 3.63) is 24.3 Å². The minimum atomic E-state index is -0.989. The van der Waals surface area contributed by atoms with E-state index < -0.39 is 12.0 Å². The number of para-hydroxylation sites is 2. The van der Waals surface area contributed by atoms with E-state index in [1.54, 1.807) is 24.3 Å². The summed E-state index contributed by atoms with van der Waals surface area (Å²) in [7, 11) is 0. The summed E-state index contributed by atoms with van der Waals surface area (Å²) in [6, 6.07) is 6.44. The number of urea groups is 1. The lowest BCUT2D eigenvalue weighted by atomic mass is 10.2. The fraction of sp³-hybridized carbons (Fsp3) is 0.250. The number of carboxylic acids is 1. The number of carboxylic acid groups (broad SMARTS) is 1. The van der Waals surface area contributed by atoms with Gasteiger partial charge in [0.2, 0.25) is 5.91 Å². The van der Waals surface area contributed by atoms with Gasteiger partial charge < -0.3 is 15.7 Å². The molecule has 0 radical (unpaired) electrons. The molecule has 0 aliphatic carbocycles. The molecule has 0 atom stereocenters. The molecule has 0 unspecified atom stereocenters. The number of carbonyl (C=O) groups excluding carboxylic acids is 2. The van der Waals surface area contributed by atoms with Crippen molar-refractivity contribution in [2.24, 2.45) is 0 Å². The van der Waals surface area contributed by atoms with Gasteiger partial charge in [-0.05, 0) is 12.1 Å². The number of aliphatic carboxylic acids is 1. The van der Waals surface area contributed by atoms with Crippen LogP contribution in [0.4, 0.5) is 16.2 Å². The second-order valence-electron chi connectivity index (χ2n) is 4.03. The molecule has 7 nitrogen and oxygen atoms in total. The quantitative estimate of drug-likeness (QED) is 0.744. The van der Waals surface area contributed by atoms with Gasteiger partial charge in [-0.25, -0.2) is 4.79 Å². The van der Waals surface area contributed by atoms with Crippen LogP contribution < -0.4 is 15.5 Å². The van der Waals surface area contributed by atoms with Gasteiger partial charge in [-0.1, -0.05) is 12.1 Å². The molecule has 0 aromatic heterocycles. The Morgan fingerprint density at radius 3 is 2.84 bits per heavy atom. The summed E-state index contributed by atoms with van der Waals surface area (Å²) in [5, 5.41) is 13.6. The highest BCUT2D eigenvalue weighted by atomic mass is 16.4. The van der Waals surface area contributed by atoms with Gasteiger partial charge in [0.05, 0.1) is 17.8 Å². The summed E-state index contributed by atoms with van der Waals surface area (Å²) in [5.74, 6) is -1.27. The second-order valence-corrected chi connectivity index (χ2v) is 4.03. The van der Waals surface area contributed by atoms with Crippen LogP contribution in [0.1, 0.15) is 6.42 Å². The third kappa shape index (κ3) is 3.01. The van der Waals surface area contributed by atoms with Crippen LogP contribution >= 0.6 is 0 Å². The zero-order valence-electron chi connectivity index (χ0n) is 10.0. The van der Waals surface area contributed by atoms with Crippen LogP contribution in [-0.4, -0.2) is 36.1 Å². The molecule has 19 heavy (non-hydrogen) atoms. The summed E-state index contributed by atoms with van der Waals surface area (Å²) in [5.41, 5.74) is 1.15. The van der Waals surface area contributed by atoms with E-state index in [2.05, 4.69) is 10.6 Å². The number of fused-ring (bicyclic) bond motifs is 1. The van der Waals surface area contributed by atoms with Crippen molar-refractivity contribution < 1.29 is 19.5 Å². The maximum atomic E-state index is 11.9. The number of benzene rings is 1. The monoisotopic (exact) mass is 263 g/mol. The molecule has 3 amide bonds. The molecule has 7 heteroatoms. The van der Waals surface area contributed by atoms with Gasteiger partial charge in [0.15, 0.2) is 0 Å². The first-order valence-electron chi connectivity index (χ1n) is 5.74. The standard InChI is InChI=1S/C12H13N3O4/c16-10-7-15(12(19)13-6-5-11(17)18)9-4-2-1-3-8(9)14-10/h1-4H,5-7H2,(H,13,19)(H,14,16)(H,17,18). The zero-order valence-corrected chi connectivity index (χ0v) is 10.0. The maximum absolute atomic E-state index is 11.9. The van der Waals surface area contributed by atoms with E-state index in [0.717, 1.165) is 0 Å². The molecule has 0 bridgehead atoms. The molecule has 1 aromatic carbocycles. The number of hydrogen-bond donors (Lipinski definition) is 3. The highest BCUT2D eigenvalue weighted by molar-refractivity contribution is 6.09. The number of rotatable bonds is 3. The Bertz CT molecular complexity index is 529. The van der Waals surface area contributed by atoms with Crippen molar-refractivity contribution in [3.63, 3.8) is 0 Å². The highest BCUT2D eigenvalue weighted by Gasteiger charge is 2.26. The second kappa shape index (κ2) is 5.38. The first kappa shape index (κ1) is 12.9. The molecule has 0 saturated carbocycles. The van der Waals surface area contributed by atoms with Crippen molar-refractivity contribution in [1.29, 1.82) is 0 Å². The van der Waals surface area contributed by atoms with Gasteiger partial charge in [-0.2, -0.15) is 0 Å². The molecule has 100 valence electrons. The lowest BCUT2D eigenvalue weighted by Crippen LogP contribution is -2.47. The van der Waals surface area contributed by atoms with Gasteiger partial charge in [0.25, 0.3) is 0 Å². The Morgan fingerprint density at radius 1 is 1.37 bits per heavy atom. The smallest absolute Gasteiger partial charge is 0.322 e. The predicted molar refractivity (Wildman–Crippen MR) is 68.1 cm³/mol. The lowest BCUT2D eigenvalue weighted by Gasteiger charge is -2.29. The van der Waals surface area contributed by atoms with E-state index in [-0.39, 0.29) is 25.4 Å². The van der Waals surface area contributed by atoms with Crippen LogP contribution in [0.25, 0.3) is 0 Å². The number of carbonyl (C=O) groups is 3. The molecule has 1 aromatic rings. The molecular weight excluding hydrogens is 250 g/mol. The van der Waals surface area contributed by atoms with Gasteiger partial charge in [-0.15, -0.1) is 0 Å². The molecule has 1 heterocycles. The fourth-order valence-corrected chi connectivity index (χ4v) is 1.79. The van der Waals surface area contributed by atoms with Gasteiger partial charge in [0, 0.05) is 6.54 Å². The van der Waals surface area contributed by atoms with Crippen LogP contribution in [-0.2, 0) is 9.59 Å². The molecule has 0 saturated heterocycles. The number of amides is 3. The van der Waals surface area contributed by atoms with E-state index in [4.69, 9.17) is 5.11 Å². The van der Waals surface area contributed by atoms with Crippen LogP contribution in [0.15, 0.2) is 24.3 Å². The summed E-state index contributed by atoms with van der Waals surface area (Å²) >= 11 is 0. The molecule has 0 spiro atoms. The van der Waals surface area contributed by atoms with E-state index in [0.29, 0.717) is 11.4 Å². The summed E-state index contributed by atoms with van der Waals surface area (Å²) in [6.45, 7) is -0.0651. The Balaban J connectivity index is 2.09. The molecule has 1 aliphatic heterocycles. The Morgan fingerprint density at radius 2 is 2.11 bits per heavy atom. The van der Waals surface area contributed by atoms with Crippen LogP contribution in [0.3, 0.4) is 0 Å². The van der Waals surface area contributed by atoms with E-state index in [1.165, 1.54) is 4.90 Å². The predicted octanol–water partition coefficient (Wildman–Crippen LogP) is 0.629. The van der Waals surface area contributed by atoms with Crippen molar-refractivity contribution in [2.45, 2.75) is 6.42 Å². The van der Waals surface area contributed by atoms with Crippen LogP contribution in [0.2, 0.25) is 0 Å². The summed E-state index contributed by atoms with van der Waals surface area (Å²) in [4.78, 5) is 35.1. The normalized spacial score (nSPS) is 13.5.